The topological polar surface area (TPSA) is 48.5 Å². The van der Waals surface area contributed by atoms with Crippen LogP contribution in [0.25, 0.3) is 0 Å². The Balaban J connectivity index is 1.23. The lowest BCUT2D eigenvalue weighted by Gasteiger charge is -2.42. The van der Waals surface area contributed by atoms with Gasteiger partial charge < -0.3 is 5.32 Å². The Morgan fingerprint density at radius 2 is 1.97 bits per heavy atom. The van der Waals surface area contributed by atoms with Crippen molar-refractivity contribution in [1.82, 2.24) is 20.1 Å². The fourth-order valence-electron chi connectivity index (χ4n) is 4.89. The molecule has 2 aliphatic rings. The second kappa shape index (κ2) is 10.2. The summed E-state index contributed by atoms with van der Waals surface area (Å²) in [6.45, 7) is 8.05. The molecule has 0 saturated carbocycles. The summed E-state index contributed by atoms with van der Waals surface area (Å²) in [6, 6.07) is 15.3. The van der Waals surface area contributed by atoms with Gasteiger partial charge >= 0.3 is 0 Å². The number of hydrogen-bond donors (Lipinski definition) is 1. The van der Waals surface area contributed by atoms with Crippen LogP contribution in [0.5, 0.6) is 0 Å². The number of likely N-dealkylation sites (tertiary alicyclic amines) is 2. The molecule has 160 valence electrons. The van der Waals surface area contributed by atoms with E-state index in [2.05, 4.69) is 51.3 Å². The summed E-state index contributed by atoms with van der Waals surface area (Å²) >= 11 is 0. The third-order valence-electron chi connectivity index (χ3n) is 6.56. The number of rotatable bonds is 6. The number of aryl methyl sites for hydroxylation is 1. The van der Waals surface area contributed by atoms with Crippen molar-refractivity contribution in [3.63, 3.8) is 0 Å². The van der Waals surface area contributed by atoms with Crippen LogP contribution in [-0.4, -0.2) is 52.9 Å². The van der Waals surface area contributed by atoms with Crippen LogP contribution in [0.1, 0.15) is 42.5 Å². The number of piperidine rings is 2. The van der Waals surface area contributed by atoms with Crippen molar-refractivity contribution >= 4 is 5.91 Å². The molecular formula is C25H34N4O. The van der Waals surface area contributed by atoms with Gasteiger partial charge in [0.2, 0.25) is 5.91 Å². The molecular weight excluding hydrogens is 372 g/mol. The zero-order valence-electron chi connectivity index (χ0n) is 18.1. The highest BCUT2D eigenvalue weighted by Crippen LogP contribution is 2.25. The summed E-state index contributed by atoms with van der Waals surface area (Å²) in [7, 11) is 0. The minimum atomic E-state index is 0.104. The van der Waals surface area contributed by atoms with Gasteiger partial charge in [0.05, 0.1) is 18.2 Å². The lowest BCUT2D eigenvalue weighted by Crippen LogP contribution is -2.50. The van der Waals surface area contributed by atoms with Gasteiger partial charge in [0.1, 0.15) is 0 Å². The standard InChI is InChI=1S/C25H34N4O/c1-20-6-4-7-21(16-20)18-28-14-10-24(11-15-28)29-13-5-8-22(19-29)25(30)27-17-23-9-2-3-12-26-23/h2-4,6-7,9,12,16,22,24H,5,8,10-11,13-15,17-19H2,1H3,(H,27,30). The van der Waals surface area contributed by atoms with E-state index in [1.165, 1.54) is 24.0 Å². The molecule has 0 aliphatic carbocycles. The van der Waals surface area contributed by atoms with Gasteiger partial charge in [-0.1, -0.05) is 35.9 Å². The van der Waals surface area contributed by atoms with Crippen LogP contribution >= 0.6 is 0 Å². The molecule has 1 atom stereocenters. The summed E-state index contributed by atoms with van der Waals surface area (Å²) in [5, 5.41) is 3.09. The van der Waals surface area contributed by atoms with Crippen molar-refractivity contribution in [1.29, 1.82) is 0 Å². The normalized spacial score (nSPS) is 21.4. The highest BCUT2D eigenvalue weighted by Gasteiger charge is 2.31. The fraction of sp³-hybridized carbons (Fsp3) is 0.520. The molecule has 2 aliphatic heterocycles. The first-order chi connectivity index (χ1) is 14.7. The number of amides is 1. The van der Waals surface area contributed by atoms with E-state index >= 15 is 0 Å². The van der Waals surface area contributed by atoms with Crippen LogP contribution in [0.3, 0.4) is 0 Å². The number of carbonyl (C=O) groups excluding carboxylic acids is 1. The van der Waals surface area contributed by atoms with Gasteiger partial charge in [0.15, 0.2) is 0 Å². The van der Waals surface area contributed by atoms with Crippen molar-refractivity contribution in [2.45, 2.75) is 51.7 Å². The van der Waals surface area contributed by atoms with Gasteiger partial charge in [-0.15, -0.1) is 0 Å². The molecule has 1 N–H and O–H groups in total. The van der Waals surface area contributed by atoms with Crippen LogP contribution in [-0.2, 0) is 17.9 Å². The Morgan fingerprint density at radius 1 is 1.10 bits per heavy atom. The molecule has 0 spiro atoms. The monoisotopic (exact) mass is 406 g/mol. The third kappa shape index (κ3) is 5.67. The number of nitrogens with zero attached hydrogens (tertiary/aromatic N) is 3. The first-order valence-electron chi connectivity index (χ1n) is 11.4. The molecule has 1 unspecified atom stereocenters. The van der Waals surface area contributed by atoms with Gasteiger partial charge in [-0.2, -0.15) is 0 Å². The third-order valence-corrected chi connectivity index (χ3v) is 6.56. The lowest BCUT2D eigenvalue weighted by molar-refractivity contribution is -0.127. The first-order valence-corrected chi connectivity index (χ1v) is 11.4. The molecule has 30 heavy (non-hydrogen) atoms. The van der Waals surface area contributed by atoms with Gasteiger partial charge in [0, 0.05) is 25.3 Å². The summed E-state index contributed by atoms with van der Waals surface area (Å²) in [6.07, 6.45) is 6.29. The highest BCUT2D eigenvalue weighted by atomic mass is 16.1. The maximum Gasteiger partial charge on any atom is 0.224 e. The summed E-state index contributed by atoms with van der Waals surface area (Å²) in [5.74, 6) is 0.287. The molecule has 2 saturated heterocycles. The van der Waals surface area contributed by atoms with Gasteiger partial charge in [-0.3, -0.25) is 19.6 Å². The van der Waals surface area contributed by atoms with E-state index < -0.39 is 0 Å². The molecule has 5 nitrogen and oxygen atoms in total. The summed E-state index contributed by atoms with van der Waals surface area (Å²) in [4.78, 5) is 22.2. The van der Waals surface area contributed by atoms with Crippen molar-refractivity contribution in [3.8, 4) is 0 Å². The van der Waals surface area contributed by atoms with E-state index in [-0.39, 0.29) is 11.8 Å². The molecule has 3 heterocycles. The molecule has 0 radical (unpaired) electrons. The van der Waals surface area contributed by atoms with Crippen molar-refractivity contribution in [2.24, 2.45) is 5.92 Å². The largest absolute Gasteiger partial charge is 0.350 e. The average Bonchev–Trinajstić information content (AvgIpc) is 2.79. The molecule has 5 heteroatoms. The molecule has 4 rings (SSSR count). The van der Waals surface area contributed by atoms with Gasteiger partial charge in [0.25, 0.3) is 0 Å². The van der Waals surface area contributed by atoms with E-state index in [1.807, 2.05) is 18.2 Å². The molecule has 0 bridgehead atoms. The van der Waals surface area contributed by atoms with Crippen molar-refractivity contribution < 1.29 is 4.79 Å². The Kier molecular flexibility index (Phi) is 7.13. The number of carbonyl (C=O) groups is 1. The maximum atomic E-state index is 12.7. The number of aromatic nitrogens is 1. The Hall–Kier alpha value is -2.24. The number of hydrogen-bond acceptors (Lipinski definition) is 4. The Morgan fingerprint density at radius 3 is 2.73 bits per heavy atom. The predicted molar refractivity (Wildman–Crippen MR) is 120 cm³/mol. The highest BCUT2D eigenvalue weighted by molar-refractivity contribution is 5.78. The average molecular weight is 407 g/mol. The second-order valence-corrected chi connectivity index (χ2v) is 8.87. The van der Waals surface area contributed by atoms with E-state index in [1.54, 1.807) is 6.20 Å². The number of benzene rings is 1. The van der Waals surface area contributed by atoms with Crippen LogP contribution in [0.4, 0.5) is 0 Å². The summed E-state index contributed by atoms with van der Waals surface area (Å²) in [5.41, 5.74) is 3.67. The molecule has 1 amide bonds. The number of pyridine rings is 1. The van der Waals surface area contributed by atoms with Crippen LogP contribution in [0, 0.1) is 12.8 Å². The summed E-state index contributed by atoms with van der Waals surface area (Å²) < 4.78 is 0. The van der Waals surface area contributed by atoms with E-state index in [4.69, 9.17) is 0 Å². The van der Waals surface area contributed by atoms with E-state index in [9.17, 15) is 4.79 Å². The van der Waals surface area contributed by atoms with Crippen LogP contribution < -0.4 is 5.32 Å². The van der Waals surface area contributed by atoms with Crippen molar-refractivity contribution in [3.05, 3.63) is 65.5 Å². The molecule has 2 aromatic rings. The Bertz CT molecular complexity index is 817. The second-order valence-electron chi connectivity index (χ2n) is 8.87. The quantitative estimate of drug-likeness (QED) is 0.799. The first kappa shape index (κ1) is 21.0. The predicted octanol–water partition coefficient (Wildman–Crippen LogP) is 3.38. The molecule has 1 aromatic heterocycles. The minimum absolute atomic E-state index is 0.104. The maximum absolute atomic E-state index is 12.7. The molecule has 1 aromatic carbocycles. The zero-order chi connectivity index (χ0) is 20.8. The Labute approximate surface area is 180 Å². The SMILES string of the molecule is Cc1cccc(CN2CCC(N3CCCC(C(=O)NCc4ccccn4)C3)CC2)c1. The smallest absolute Gasteiger partial charge is 0.224 e. The van der Waals surface area contributed by atoms with Crippen LogP contribution in [0.15, 0.2) is 48.7 Å². The fourth-order valence-corrected chi connectivity index (χ4v) is 4.89. The van der Waals surface area contributed by atoms with Gasteiger partial charge in [-0.25, -0.2) is 0 Å². The van der Waals surface area contributed by atoms with E-state index in [0.29, 0.717) is 12.6 Å². The lowest BCUT2D eigenvalue weighted by atomic mass is 9.93. The van der Waals surface area contributed by atoms with Crippen molar-refractivity contribution in [2.75, 3.05) is 26.2 Å². The minimum Gasteiger partial charge on any atom is -0.350 e. The van der Waals surface area contributed by atoms with Gasteiger partial charge in [-0.05, 0) is 69.9 Å². The van der Waals surface area contributed by atoms with E-state index in [0.717, 1.165) is 51.3 Å². The van der Waals surface area contributed by atoms with Crippen LogP contribution in [0.2, 0.25) is 0 Å². The number of nitrogens with one attached hydrogen (secondary N) is 1. The zero-order valence-corrected chi connectivity index (χ0v) is 18.1. The molecule has 2 fully saturated rings.